The quantitative estimate of drug-likeness (QED) is 0.893. The maximum atomic E-state index is 12.6. The Hall–Kier alpha value is -2.02. The molecule has 4 nitrogen and oxygen atoms in total. The highest BCUT2D eigenvalue weighted by Gasteiger charge is 2.31. The molecule has 1 unspecified atom stereocenters. The van der Waals surface area contributed by atoms with E-state index >= 15 is 0 Å². The average molecular weight is 357 g/mol. The minimum absolute atomic E-state index is 0.107. The van der Waals surface area contributed by atoms with E-state index in [1.165, 1.54) is 6.07 Å². The lowest BCUT2D eigenvalue weighted by molar-refractivity contribution is -0.137. The Bertz CT molecular complexity index is 690. The van der Waals surface area contributed by atoms with Gasteiger partial charge in [0.25, 0.3) is 0 Å². The van der Waals surface area contributed by atoms with Gasteiger partial charge in [-0.2, -0.15) is 13.2 Å². The van der Waals surface area contributed by atoms with Gasteiger partial charge in [0.15, 0.2) is 0 Å². The highest BCUT2D eigenvalue weighted by Crippen LogP contribution is 2.30. The lowest BCUT2D eigenvalue weighted by Gasteiger charge is -2.34. The molecule has 2 aromatic rings. The second-order valence-corrected chi connectivity index (χ2v) is 6.07. The minimum atomic E-state index is -4.37. The summed E-state index contributed by atoms with van der Waals surface area (Å²) in [7, 11) is 0. The van der Waals surface area contributed by atoms with Crippen molar-refractivity contribution in [3.05, 3.63) is 47.2 Å². The van der Waals surface area contributed by atoms with E-state index in [1.54, 1.807) is 18.3 Å². The van der Waals surface area contributed by atoms with Gasteiger partial charge in [0.2, 0.25) is 0 Å². The van der Waals surface area contributed by atoms with E-state index in [2.05, 4.69) is 15.3 Å². The smallest absolute Gasteiger partial charge is 0.364 e. The van der Waals surface area contributed by atoms with Crippen LogP contribution in [0.2, 0.25) is 5.02 Å². The molecule has 0 bridgehead atoms. The number of hydrogen-bond acceptors (Lipinski definition) is 4. The Morgan fingerprint density at radius 1 is 1.21 bits per heavy atom. The standard InChI is InChI=1S/C16H16ClF3N4/c17-13-4-1-7-21-15(13)23-12-3-2-8-24(10-12)14-6-5-11(9-22-14)16(18,19)20/h1,4-7,9,12H,2-3,8,10H2,(H,21,23). The third-order valence-corrected chi connectivity index (χ3v) is 4.22. The van der Waals surface area contributed by atoms with Crippen molar-refractivity contribution in [2.75, 3.05) is 23.3 Å². The van der Waals surface area contributed by atoms with Crippen LogP contribution in [0.4, 0.5) is 24.8 Å². The Morgan fingerprint density at radius 3 is 2.71 bits per heavy atom. The van der Waals surface area contributed by atoms with Crippen molar-refractivity contribution in [1.29, 1.82) is 0 Å². The summed E-state index contributed by atoms with van der Waals surface area (Å²) >= 11 is 6.10. The van der Waals surface area contributed by atoms with Gasteiger partial charge in [-0.3, -0.25) is 0 Å². The molecule has 0 saturated carbocycles. The Morgan fingerprint density at radius 2 is 2.04 bits per heavy atom. The van der Waals surface area contributed by atoms with E-state index in [1.807, 2.05) is 4.90 Å². The zero-order valence-electron chi connectivity index (χ0n) is 12.7. The number of pyridine rings is 2. The molecule has 1 aliphatic heterocycles. The maximum Gasteiger partial charge on any atom is 0.417 e. The van der Waals surface area contributed by atoms with Crippen LogP contribution >= 0.6 is 11.6 Å². The molecule has 8 heteroatoms. The topological polar surface area (TPSA) is 41.0 Å². The molecule has 0 aromatic carbocycles. The number of piperidine rings is 1. The third-order valence-electron chi connectivity index (χ3n) is 3.92. The van der Waals surface area contributed by atoms with E-state index in [4.69, 9.17) is 11.6 Å². The van der Waals surface area contributed by atoms with Gasteiger partial charge in [-0.05, 0) is 37.1 Å². The summed E-state index contributed by atoms with van der Waals surface area (Å²) in [6, 6.07) is 6.10. The normalized spacial score (nSPS) is 18.5. The molecule has 0 spiro atoms. The van der Waals surface area contributed by atoms with Crippen LogP contribution in [0.3, 0.4) is 0 Å². The summed E-state index contributed by atoms with van der Waals surface area (Å²) in [4.78, 5) is 10.1. The number of nitrogens with zero attached hydrogens (tertiary/aromatic N) is 3. The number of halogens is 4. The van der Waals surface area contributed by atoms with Gasteiger partial charge in [-0.15, -0.1) is 0 Å². The molecular formula is C16H16ClF3N4. The van der Waals surface area contributed by atoms with Crippen LogP contribution in [-0.2, 0) is 6.18 Å². The molecular weight excluding hydrogens is 341 g/mol. The van der Waals surface area contributed by atoms with Crippen LogP contribution in [-0.4, -0.2) is 29.1 Å². The first-order valence-electron chi connectivity index (χ1n) is 7.59. The number of aromatic nitrogens is 2. The molecule has 1 saturated heterocycles. The number of hydrogen-bond donors (Lipinski definition) is 1. The van der Waals surface area contributed by atoms with E-state index in [-0.39, 0.29) is 6.04 Å². The summed E-state index contributed by atoms with van der Waals surface area (Å²) in [5.74, 6) is 1.16. The number of alkyl halides is 3. The highest BCUT2D eigenvalue weighted by molar-refractivity contribution is 6.32. The van der Waals surface area contributed by atoms with E-state index in [9.17, 15) is 13.2 Å². The van der Waals surface area contributed by atoms with Gasteiger partial charge < -0.3 is 10.2 Å². The first kappa shape index (κ1) is 16.8. The molecule has 0 amide bonds. The van der Waals surface area contributed by atoms with Crippen LogP contribution in [0.15, 0.2) is 36.7 Å². The van der Waals surface area contributed by atoms with Gasteiger partial charge in [-0.1, -0.05) is 11.6 Å². The molecule has 0 radical (unpaired) electrons. The third kappa shape index (κ3) is 3.90. The Labute approximate surface area is 142 Å². The number of anilines is 2. The van der Waals surface area contributed by atoms with Crippen LogP contribution < -0.4 is 10.2 Å². The Kier molecular flexibility index (Phi) is 4.80. The second kappa shape index (κ2) is 6.84. The van der Waals surface area contributed by atoms with Gasteiger partial charge in [0.1, 0.15) is 11.6 Å². The fraction of sp³-hybridized carbons (Fsp3) is 0.375. The predicted octanol–water partition coefficient (Wildman–Crippen LogP) is 4.23. The van der Waals surface area contributed by atoms with Crippen molar-refractivity contribution >= 4 is 23.2 Å². The lowest BCUT2D eigenvalue weighted by Crippen LogP contribution is -2.42. The SMILES string of the molecule is FC(F)(F)c1ccc(N2CCCC(Nc3ncccc3Cl)C2)nc1. The zero-order chi connectivity index (χ0) is 17.2. The lowest BCUT2D eigenvalue weighted by atomic mass is 10.1. The molecule has 3 heterocycles. The van der Waals surface area contributed by atoms with Crippen molar-refractivity contribution in [2.24, 2.45) is 0 Å². The van der Waals surface area contributed by atoms with Crippen LogP contribution in [0, 0.1) is 0 Å². The summed E-state index contributed by atoms with van der Waals surface area (Å²) in [6.07, 6.45) is 0.0102. The predicted molar refractivity (Wildman–Crippen MR) is 87.3 cm³/mol. The van der Waals surface area contributed by atoms with Crippen LogP contribution in [0.5, 0.6) is 0 Å². The van der Waals surface area contributed by atoms with E-state index in [0.29, 0.717) is 23.2 Å². The molecule has 1 aliphatic rings. The van der Waals surface area contributed by atoms with Gasteiger partial charge in [0.05, 0.1) is 10.6 Å². The first-order valence-corrected chi connectivity index (χ1v) is 7.96. The molecule has 128 valence electrons. The zero-order valence-corrected chi connectivity index (χ0v) is 13.5. The fourth-order valence-corrected chi connectivity index (χ4v) is 2.91. The van der Waals surface area contributed by atoms with Crippen LogP contribution in [0.1, 0.15) is 18.4 Å². The number of nitrogens with one attached hydrogen (secondary N) is 1. The number of rotatable bonds is 3. The molecule has 1 N–H and O–H groups in total. The largest absolute Gasteiger partial charge is 0.417 e. The highest BCUT2D eigenvalue weighted by atomic mass is 35.5. The van der Waals surface area contributed by atoms with Crippen LogP contribution in [0.25, 0.3) is 0 Å². The van der Waals surface area contributed by atoms with Crippen molar-refractivity contribution in [3.63, 3.8) is 0 Å². The van der Waals surface area contributed by atoms with Crippen molar-refractivity contribution in [3.8, 4) is 0 Å². The summed E-state index contributed by atoms with van der Waals surface area (Å²) < 4.78 is 37.9. The Balaban J connectivity index is 1.68. The summed E-state index contributed by atoms with van der Waals surface area (Å²) in [5, 5.41) is 3.84. The van der Waals surface area contributed by atoms with Crippen molar-refractivity contribution in [1.82, 2.24) is 9.97 Å². The van der Waals surface area contributed by atoms with E-state index in [0.717, 1.165) is 31.6 Å². The maximum absolute atomic E-state index is 12.6. The van der Waals surface area contributed by atoms with Gasteiger partial charge in [-0.25, -0.2) is 9.97 Å². The molecule has 24 heavy (non-hydrogen) atoms. The molecule has 1 fully saturated rings. The van der Waals surface area contributed by atoms with Crippen molar-refractivity contribution < 1.29 is 13.2 Å². The van der Waals surface area contributed by atoms with E-state index < -0.39 is 11.7 Å². The summed E-state index contributed by atoms with van der Waals surface area (Å²) in [6.45, 7) is 1.39. The minimum Gasteiger partial charge on any atom is -0.364 e. The molecule has 1 atom stereocenters. The fourth-order valence-electron chi connectivity index (χ4n) is 2.73. The summed E-state index contributed by atoms with van der Waals surface area (Å²) in [5.41, 5.74) is -0.738. The molecule has 0 aliphatic carbocycles. The van der Waals surface area contributed by atoms with Gasteiger partial charge in [0, 0.05) is 31.5 Å². The monoisotopic (exact) mass is 356 g/mol. The molecule has 2 aromatic heterocycles. The first-order chi connectivity index (χ1) is 11.4. The average Bonchev–Trinajstić information content (AvgIpc) is 2.57. The van der Waals surface area contributed by atoms with Gasteiger partial charge >= 0.3 is 6.18 Å². The second-order valence-electron chi connectivity index (χ2n) is 5.67. The van der Waals surface area contributed by atoms with Crippen molar-refractivity contribution in [2.45, 2.75) is 25.1 Å². The molecule has 3 rings (SSSR count).